The fourth-order valence-corrected chi connectivity index (χ4v) is 6.35. The minimum atomic E-state index is -3.66. The highest BCUT2D eigenvalue weighted by atomic mass is 79.9. The molecule has 0 saturated carbocycles. The van der Waals surface area contributed by atoms with Crippen LogP contribution in [0.3, 0.4) is 0 Å². The van der Waals surface area contributed by atoms with E-state index in [-0.39, 0.29) is 21.6 Å². The third kappa shape index (κ3) is 4.90. The van der Waals surface area contributed by atoms with Gasteiger partial charge in [0.2, 0.25) is 10.0 Å². The molecule has 3 aromatic rings. The Morgan fingerprint density at radius 1 is 1.18 bits per heavy atom. The molecule has 8 nitrogen and oxygen atoms in total. The van der Waals surface area contributed by atoms with Crippen LogP contribution in [0.5, 0.6) is 0 Å². The van der Waals surface area contributed by atoms with Gasteiger partial charge >= 0.3 is 0 Å². The number of methoxy groups -OCH3 is 1. The Hall–Kier alpha value is -2.11. The molecule has 0 atom stereocenters. The summed E-state index contributed by atoms with van der Waals surface area (Å²) in [6, 6.07) is 11.9. The van der Waals surface area contributed by atoms with E-state index in [0.717, 1.165) is 15.5 Å². The quantitative estimate of drug-likeness (QED) is 0.446. The third-order valence-electron chi connectivity index (χ3n) is 5.46. The number of hydrogen-bond acceptors (Lipinski definition) is 6. The van der Waals surface area contributed by atoms with Gasteiger partial charge in [-0.2, -0.15) is 4.31 Å². The summed E-state index contributed by atoms with van der Waals surface area (Å²) in [5.41, 5.74) is 1.49. The monoisotopic (exact) mass is 555 g/mol. The Morgan fingerprint density at radius 3 is 2.61 bits per heavy atom. The number of sulfonamides is 1. The van der Waals surface area contributed by atoms with Crippen molar-refractivity contribution < 1.29 is 22.4 Å². The van der Waals surface area contributed by atoms with Gasteiger partial charge in [0.1, 0.15) is 10.5 Å². The lowest BCUT2D eigenvalue weighted by atomic mass is 10.2. The molecular weight excluding hydrogens is 534 g/mol. The summed E-state index contributed by atoms with van der Waals surface area (Å²) in [5.74, 6) is -0.0929. The fourth-order valence-electron chi connectivity index (χ4n) is 3.74. The van der Waals surface area contributed by atoms with Crippen LogP contribution in [-0.2, 0) is 14.8 Å². The van der Waals surface area contributed by atoms with E-state index in [1.807, 2.05) is 12.1 Å². The molecule has 33 heavy (non-hydrogen) atoms. The van der Waals surface area contributed by atoms with Gasteiger partial charge < -0.3 is 19.4 Å². The Labute approximate surface area is 205 Å². The topological polar surface area (TPSA) is 92.1 Å². The lowest BCUT2D eigenvalue weighted by molar-refractivity contribution is 0.0911. The molecule has 4 rings (SSSR count). The molecule has 0 bridgehead atoms. The first-order valence-electron chi connectivity index (χ1n) is 10.3. The van der Waals surface area contributed by atoms with E-state index < -0.39 is 10.0 Å². The number of amides is 1. The van der Waals surface area contributed by atoms with Crippen LogP contribution in [0.4, 0.5) is 5.69 Å². The van der Waals surface area contributed by atoms with Crippen LogP contribution in [0.1, 0.15) is 10.6 Å². The maximum Gasteiger partial charge on any atom is 0.287 e. The molecule has 0 spiro atoms. The van der Waals surface area contributed by atoms with Gasteiger partial charge in [0.15, 0.2) is 5.76 Å². The van der Waals surface area contributed by atoms with Gasteiger partial charge in [-0.1, -0.05) is 23.7 Å². The molecule has 2 aromatic carbocycles. The number of nitrogens with one attached hydrogen (secondary N) is 1. The molecule has 176 valence electrons. The zero-order chi connectivity index (χ0) is 23.6. The van der Waals surface area contributed by atoms with E-state index in [4.69, 9.17) is 20.8 Å². The first-order chi connectivity index (χ1) is 15.8. The van der Waals surface area contributed by atoms with Crippen molar-refractivity contribution in [1.29, 1.82) is 0 Å². The zero-order valence-corrected chi connectivity index (χ0v) is 21.0. The highest BCUT2D eigenvalue weighted by molar-refractivity contribution is 9.10. The van der Waals surface area contributed by atoms with E-state index >= 15 is 0 Å². The third-order valence-corrected chi connectivity index (χ3v) is 8.70. The van der Waals surface area contributed by atoms with Crippen molar-refractivity contribution in [3.8, 4) is 0 Å². The SMILES string of the molecule is COCCNC(=O)c1cc2c(Br)c(N3CCN(S(=O)(=O)c4ccccc4Cl)CC3)ccc2o1. The fraction of sp³-hybridized carbons (Fsp3) is 0.318. The summed E-state index contributed by atoms with van der Waals surface area (Å²) in [6.07, 6.45) is 0. The predicted molar refractivity (Wildman–Crippen MR) is 131 cm³/mol. The maximum atomic E-state index is 13.0. The van der Waals surface area contributed by atoms with Gasteiger partial charge in [-0.05, 0) is 46.3 Å². The van der Waals surface area contributed by atoms with Gasteiger partial charge in [-0.3, -0.25) is 4.79 Å². The summed E-state index contributed by atoms with van der Waals surface area (Å²) >= 11 is 9.76. The maximum absolute atomic E-state index is 13.0. The number of benzene rings is 2. The van der Waals surface area contributed by atoms with Crippen molar-refractivity contribution in [2.24, 2.45) is 0 Å². The Kier molecular flexibility index (Phi) is 7.30. The minimum absolute atomic E-state index is 0.123. The smallest absolute Gasteiger partial charge is 0.287 e. The Bertz CT molecular complexity index is 1270. The molecule has 1 aromatic heterocycles. The van der Waals surface area contributed by atoms with Crippen molar-refractivity contribution in [2.45, 2.75) is 4.90 Å². The van der Waals surface area contributed by atoms with Gasteiger partial charge in [0.05, 0.1) is 21.8 Å². The average Bonchev–Trinajstić information content (AvgIpc) is 3.25. The van der Waals surface area contributed by atoms with Crippen LogP contribution >= 0.6 is 27.5 Å². The summed E-state index contributed by atoms with van der Waals surface area (Å²) in [7, 11) is -2.10. The van der Waals surface area contributed by atoms with Crippen LogP contribution in [0.25, 0.3) is 11.0 Å². The molecule has 1 aliphatic heterocycles. The Balaban J connectivity index is 1.50. The van der Waals surface area contributed by atoms with Gasteiger partial charge in [-0.15, -0.1) is 0 Å². The van der Waals surface area contributed by atoms with Crippen molar-refractivity contribution in [3.63, 3.8) is 0 Å². The molecule has 2 heterocycles. The van der Waals surface area contributed by atoms with Gasteiger partial charge in [0, 0.05) is 45.2 Å². The number of halogens is 2. The second-order valence-corrected chi connectivity index (χ2v) is 10.6. The van der Waals surface area contributed by atoms with E-state index in [2.05, 4.69) is 26.1 Å². The second kappa shape index (κ2) is 10.0. The lowest BCUT2D eigenvalue weighted by Crippen LogP contribution is -2.48. The highest BCUT2D eigenvalue weighted by Gasteiger charge is 2.30. The number of ether oxygens (including phenoxy) is 1. The molecule has 0 radical (unpaired) electrons. The molecule has 11 heteroatoms. The number of carbonyl (C=O) groups excluding carboxylic acids is 1. The molecule has 1 saturated heterocycles. The number of hydrogen-bond donors (Lipinski definition) is 1. The normalized spacial score (nSPS) is 15.2. The van der Waals surface area contributed by atoms with E-state index in [1.165, 1.54) is 10.4 Å². The number of rotatable bonds is 7. The molecule has 0 unspecified atom stereocenters. The highest BCUT2D eigenvalue weighted by Crippen LogP contribution is 2.36. The minimum Gasteiger partial charge on any atom is -0.451 e. The molecular formula is C22H23BrClN3O5S. The van der Waals surface area contributed by atoms with E-state index in [9.17, 15) is 13.2 Å². The number of fused-ring (bicyclic) bond motifs is 1. The molecule has 1 aliphatic rings. The van der Waals surface area contributed by atoms with Crippen LogP contribution < -0.4 is 10.2 Å². The second-order valence-electron chi connectivity index (χ2n) is 7.49. The predicted octanol–water partition coefficient (Wildman–Crippen LogP) is 3.74. The van der Waals surface area contributed by atoms with E-state index in [1.54, 1.807) is 31.4 Å². The van der Waals surface area contributed by atoms with E-state index in [0.29, 0.717) is 44.9 Å². The number of piperazine rings is 1. The summed E-state index contributed by atoms with van der Waals surface area (Å²) in [4.78, 5) is 14.5. The molecule has 1 fully saturated rings. The average molecular weight is 557 g/mol. The lowest BCUT2D eigenvalue weighted by Gasteiger charge is -2.36. The Morgan fingerprint density at radius 2 is 1.91 bits per heavy atom. The van der Waals surface area contributed by atoms with Crippen molar-refractivity contribution in [2.75, 3.05) is 51.3 Å². The van der Waals surface area contributed by atoms with Crippen LogP contribution in [0, 0.1) is 0 Å². The standard InChI is InChI=1S/C22H23BrClN3O5S/c1-31-13-8-25-22(28)19-14-15-18(32-19)7-6-17(21(15)23)26-9-11-27(12-10-26)33(29,30)20-5-3-2-4-16(20)24/h2-7,14H,8-13H2,1H3,(H,25,28). The number of furan rings is 1. The summed E-state index contributed by atoms with van der Waals surface area (Å²) in [6.45, 7) is 2.48. The van der Waals surface area contributed by atoms with Crippen molar-refractivity contribution in [1.82, 2.24) is 9.62 Å². The first kappa shape index (κ1) is 24.0. The molecule has 1 amide bonds. The van der Waals surface area contributed by atoms with Crippen LogP contribution in [0.15, 0.2) is 56.2 Å². The summed E-state index contributed by atoms with van der Waals surface area (Å²) in [5, 5.41) is 3.73. The van der Waals surface area contributed by atoms with Crippen molar-refractivity contribution in [3.05, 3.63) is 57.7 Å². The van der Waals surface area contributed by atoms with Gasteiger partial charge in [0.25, 0.3) is 5.91 Å². The van der Waals surface area contributed by atoms with Gasteiger partial charge in [-0.25, -0.2) is 8.42 Å². The first-order valence-corrected chi connectivity index (χ1v) is 12.9. The molecule has 1 N–H and O–H groups in total. The van der Waals surface area contributed by atoms with Crippen LogP contribution in [-0.4, -0.2) is 65.1 Å². The number of nitrogens with zero attached hydrogens (tertiary/aromatic N) is 2. The number of anilines is 1. The molecule has 0 aliphatic carbocycles. The summed E-state index contributed by atoms with van der Waals surface area (Å²) < 4.78 is 38.9. The zero-order valence-electron chi connectivity index (χ0n) is 17.9. The number of carbonyl (C=O) groups is 1. The van der Waals surface area contributed by atoms with Crippen LogP contribution in [0.2, 0.25) is 5.02 Å². The van der Waals surface area contributed by atoms with Crippen molar-refractivity contribution >= 4 is 60.1 Å². The largest absolute Gasteiger partial charge is 0.451 e.